The Kier molecular flexibility index (Phi) is 15.8. The summed E-state index contributed by atoms with van der Waals surface area (Å²) in [7, 11) is 0. The molecule has 0 aliphatic rings. The van der Waals surface area contributed by atoms with E-state index in [1.54, 1.807) is 0 Å². The fourth-order valence-corrected chi connectivity index (χ4v) is 0. The van der Waals surface area contributed by atoms with Gasteiger partial charge in [0.15, 0.2) is 0 Å². The molecule has 0 fully saturated rings. The first-order chi connectivity index (χ1) is 3.15. The summed E-state index contributed by atoms with van der Waals surface area (Å²) in [6.45, 7) is 2.19. The van der Waals surface area contributed by atoms with E-state index >= 15 is 0 Å². The van der Waals surface area contributed by atoms with Gasteiger partial charge in [-0.1, -0.05) is 0 Å². The molecule has 3 nitrogen and oxygen atoms in total. The molecule has 0 atom stereocenters. The summed E-state index contributed by atoms with van der Waals surface area (Å²) in [6.07, 6.45) is 0. The van der Waals surface area contributed by atoms with Gasteiger partial charge in [0.1, 0.15) is 0 Å². The molecule has 0 bridgehead atoms. The predicted molar refractivity (Wildman–Crippen MR) is 29.6 cm³/mol. The van der Waals surface area contributed by atoms with E-state index in [0.717, 1.165) is 0 Å². The van der Waals surface area contributed by atoms with Crippen molar-refractivity contribution in [2.75, 3.05) is 0 Å². The van der Waals surface area contributed by atoms with Gasteiger partial charge < -0.3 is 0 Å². The van der Waals surface area contributed by atoms with Crippen LogP contribution >= 0.6 is 0 Å². The molecule has 0 aromatic carbocycles. The van der Waals surface area contributed by atoms with Crippen molar-refractivity contribution in [1.82, 2.24) is 0 Å². The first-order valence-corrected chi connectivity index (χ1v) is 4.42. The molecule has 0 rings (SSSR count). The molecule has 0 aromatic rings. The Labute approximate surface area is 63.0 Å². The summed E-state index contributed by atoms with van der Waals surface area (Å²) in [5.74, 6) is 0. The van der Waals surface area contributed by atoms with Crippen LogP contribution in [0.25, 0.3) is 0 Å². The van der Waals surface area contributed by atoms with Gasteiger partial charge in [-0.3, -0.25) is 9.11 Å². The third-order valence-corrected chi connectivity index (χ3v) is 0. The first kappa shape index (κ1) is 10.9. The predicted octanol–water partition coefficient (Wildman–Crippen LogP) is 0.274. The summed E-state index contributed by atoms with van der Waals surface area (Å²) in [5.41, 5.74) is 0. The second kappa shape index (κ2) is 10.1. The maximum atomic E-state index is 8.67. The molecule has 0 radical (unpaired) electrons. The van der Waals surface area contributed by atoms with E-state index in [-0.39, 0.29) is 0 Å². The van der Waals surface area contributed by atoms with Crippen molar-refractivity contribution in [2.24, 2.45) is 0 Å². The molecule has 0 aliphatic carbocycles. The monoisotopic (exact) mass is 134 g/mol. The molecule has 0 unspecified atom stereocenters. The minimum Gasteiger partial charge on any atom is -0.284 e. The van der Waals surface area contributed by atoms with Gasteiger partial charge in [-0.2, -0.15) is 4.21 Å². The van der Waals surface area contributed by atoms with Gasteiger partial charge in [0, 0.05) is 0 Å². The molecule has 0 aliphatic heterocycles. The van der Waals surface area contributed by atoms with Crippen molar-refractivity contribution in [3.63, 3.8) is 0 Å². The third-order valence-electron chi connectivity index (χ3n) is 0. The van der Waals surface area contributed by atoms with Gasteiger partial charge in [0.05, 0.1) is 0 Å². The number of rotatable bonds is 0. The van der Waals surface area contributed by atoms with Gasteiger partial charge in [-0.25, -0.2) is 0 Å². The fraction of sp³-hybridized carbons (Fsp3) is 1.00. The zero-order valence-corrected chi connectivity index (χ0v) is 7.23. The van der Waals surface area contributed by atoms with Crippen LogP contribution in [0.15, 0.2) is 0 Å². The SMILES string of the molecule is C[CH2][Na].O=S(O)O. The van der Waals surface area contributed by atoms with Crippen LogP contribution in [-0.4, -0.2) is 41.2 Å². The van der Waals surface area contributed by atoms with Crippen molar-refractivity contribution in [2.45, 2.75) is 10.6 Å². The molecule has 7 heavy (non-hydrogen) atoms. The molecule has 0 heterocycles. The van der Waals surface area contributed by atoms with Crippen LogP contribution in [0.1, 0.15) is 6.92 Å². The van der Waals surface area contributed by atoms with Gasteiger partial charge in [0.2, 0.25) is 0 Å². The van der Waals surface area contributed by atoms with Crippen molar-refractivity contribution in [1.29, 1.82) is 0 Å². The van der Waals surface area contributed by atoms with E-state index in [1.807, 2.05) is 0 Å². The molecule has 0 saturated heterocycles. The van der Waals surface area contributed by atoms with Gasteiger partial charge in [-0.15, -0.1) is 0 Å². The average Bonchev–Trinajstić information content (AvgIpc) is 1.33. The van der Waals surface area contributed by atoms with Crippen molar-refractivity contribution < 1.29 is 13.3 Å². The van der Waals surface area contributed by atoms with Gasteiger partial charge in [0.25, 0.3) is 11.4 Å². The summed E-state index contributed by atoms with van der Waals surface area (Å²) in [6, 6.07) is 0. The van der Waals surface area contributed by atoms with Crippen LogP contribution < -0.4 is 0 Å². The van der Waals surface area contributed by atoms with E-state index < -0.39 is 11.4 Å². The van der Waals surface area contributed by atoms with Crippen LogP contribution in [0, 0.1) is 0 Å². The van der Waals surface area contributed by atoms with Gasteiger partial charge >= 0.3 is 38.5 Å². The molecule has 0 spiro atoms. The Hall–Kier alpha value is 1.07. The Morgan fingerprint density at radius 3 is 1.71 bits per heavy atom. The molecule has 5 heteroatoms. The third kappa shape index (κ3) is 159. The Bertz CT molecular complexity index is 44.2. The Morgan fingerprint density at radius 2 is 1.71 bits per heavy atom. The standard InChI is InChI=1S/C2H5.Na.H2O3S/c1-2;;1-4(2)3/h1H2,2H3;;(H2,1,2,3). The van der Waals surface area contributed by atoms with Crippen LogP contribution in [0.4, 0.5) is 0 Å². The molecular formula is C2H7NaO3S. The summed E-state index contributed by atoms with van der Waals surface area (Å²) >= 11 is -1.24. The molecule has 0 aromatic heterocycles. The quantitative estimate of drug-likeness (QED) is 0.369. The van der Waals surface area contributed by atoms with Gasteiger partial charge in [-0.05, 0) is 0 Å². The maximum absolute atomic E-state index is 8.67. The smallest absolute Gasteiger partial charge is 0.284 e. The zero-order chi connectivity index (χ0) is 6.28. The minimum absolute atomic E-state index is 1.37. The maximum Gasteiger partial charge on any atom is 0.299 e. The van der Waals surface area contributed by atoms with E-state index in [2.05, 4.69) is 6.92 Å². The molecule has 40 valence electrons. The molecule has 0 saturated carbocycles. The minimum atomic E-state index is -2.61. The summed E-state index contributed by atoms with van der Waals surface area (Å²) in [4.78, 5) is 0. The molecular weight excluding hydrogens is 127 g/mol. The fourth-order valence-electron chi connectivity index (χ4n) is 0. The average molecular weight is 134 g/mol. The van der Waals surface area contributed by atoms with Crippen LogP contribution in [0.5, 0.6) is 0 Å². The van der Waals surface area contributed by atoms with E-state index in [0.29, 0.717) is 0 Å². The normalized spacial score (nSPS) is 7.71. The van der Waals surface area contributed by atoms with Crippen LogP contribution in [0.2, 0.25) is 3.67 Å². The first-order valence-electron chi connectivity index (χ1n) is 1.95. The second-order valence-corrected chi connectivity index (χ2v) is 2.81. The topological polar surface area (TPSA) is 57.5 Å². The number of hydrogen-bond acceptors (Lipinski definition) is 1. The largest absolute Gasteiger partial charge is 0.299 e. The Balaban J connectivity index is 0. The van der Waals surface area contributed by atoms with E-state index in [4.69, 9.17) is 13.3 Å². The zero-order valence-electron chi connectivity index (χ0n) is 4.42. The van der Waals surface area contributed by atoms with E-state index in [9.17, 15) is 0 Å². The van der Waals surface area contributed by atoms with Crippen LogP contribution in [-0.2, 0) is 11.4 Å². The van der Waals surface area contributed by atoms with Crippen molar-refractivity contribution in [3.05, 3.63) is 0 Å². The Morgan fingerprint density at radius 1 is 1.71 bits per heavy atom. The molecule has 0 amide bonds. The summed E-state index contributed by atoms with van der Waals surface area (Å²) < 4.78 is 24.2. The molecule has 2 N–H and O–H groups in total. The van der Waals surface area contributed by atoms with Crippen molar-refractivity contribution in [3.8, 4) is 0 Å². The second-order valence-electron chi connectivity index (χ2n) is 0.938. The summed E-state index contributed by atoms with van der Waals surface area (Å²) in [5, 5.41) is 0. The number of hydrogen-bond donors (Lipinski definition) is 2. The van der Waals surface area contributed by atoms with Crippen molar-refractivity contribution >= 4 is 39.3 Å². The van der Waals surface area contributed by atoms with E-state index in [1.165, 1.54) is 31.6 Å². The van der Waals surface area contributed by atoms with Crippen LogP contribution in [0.3, 0.4) is 0 Å².